The van der Waals surface area contributed by atoms with Gasteiger partial charge in [-0.2, -0.15) is 4.98 Å². The van der Waals surface area contributed by atoms with Crippen LogP contribution in [0.3, 0.4) is 0 Å². The number of hydrogen-bond acceptors (Lipinski definition) is 9. The first kappa shape index (κ1) is 24.9. The lowest BCUT2D eigenvalue weighted by atomic mass is 10.1. The first-order chi connectivity index (χ1) is 18.5. The molecule has 6 rings (SSSR count). The Hall–Kier alpha value is -3.44. The number of fused-ring (bicyclic) bond motifs is 3. The molecule has 0 aliphatic carbocycles. The van der Waals surface area contributed by atoms with Gasteiger partial charge in [0.2, 0.25) is 11.9 Å². The summed E-state index contributed by atoms with van der Waals surface area (Å²) < 4.78 is 5.51. The SMILES string of the molecule is CNCc1cc(Nc2ncc3c(n2)N2CCN=C2N(c2c(Cl)cccc2Cl)C3=O)ccc1N1CCOCC1. The van der Waals surface area contributed by atoms with Gasteiger partial charge in [-0.1, -0.05) is 29.3 Å². The first-order valence-corrected chi connectivity index (χ1v) is 13.2. The molecule has 1 aromatic heterocycles. The molecule has 2 aromatic carbocycles. The van der Waals surface area contributed by atoms with E-state index < -0.39 is 0 Å². The molecule has 1 amide bonds. The molecule has 1 fully saturated rings. The van der Waals surface area contributed by atoms with Crippen molar-refractivity contribution in [1.82, 2.24) is 15.3 Å². The Labute approximate surface area is 230 Å². The van der Waals surface area contributed by atoms with Crippen LogP contribution >= 0.6 is 23.2 Å². The second-order valence-corrected chi connectivity index (χ2v) is 9.89. The van der Waals surface area contributed by atoms with Crippen molar-refractivity contribution in [2.24, 2.45) is 4.99 Å². The number of rotatable bonds is 6. The fraction of sp³-hybridized carbons (Fsp3) is 0.308. The van der Waals surface area contributed by atoms with E-state index in [-0.39, 0.29) is 5.91 Å². The van der Waals surface area contributed by atoms with E-state index in [4.69, 9.17) is 32.9 Å². The average Bonchev–Trinajstić information content (AvgIpc) is 3.41. The minimum atomic E-state index is -0.329. The molecule has 10 nitrogen and oxygen atoms in total. The number of anilines is 5. The molecular formula is C26H26Cl2N8O2. The maximum atomic E-state index is 13.6. The van der Waals surface area contributed by atoms with E-state index in [1.54, 1.807) is 18.2 Å². The minimum Gasteiger partial charge on any atom is -0.378 e. The molecule has 4 heterocycles. The topological polar surface area (TPSA) is 98.2 Å². The van der Waals surface area contributed by atoms with Gasteiger partial charge in [0.15, 0.2) is 5.82 Å². The highest BCUT2D eigenvalue weighted by atomic mass is 35.5. The predicted molar refractivity (Wildman–Crippen MR) is 150 cm³/mol. The molecule has 12 heteroatoms. The molecule has 0 saturated carbocycles. The zero-order valence-corrected chi connectivity index (χ0v) is 22.3. The standard InChI is InChI=1S/C26H26Cl2N8O2/c1-29-14-16-13-17(5-6-21(16)34-9-11-38-12-10-34)32-25-31-15-18-23(33-25)35-8-7-30-26(35)36(24(18)37)22-19(27)3-2-4-20(22)28/h2-6,13,15,29H,7-12,14H2,1H3,(H,31,32,33). The Morgan fingerprint density at radius 2 is 1.87 bits per heavy atom. The van der Waals surface area contributed by atoms with Gasteiger partial charge in [0.25, 0.3) is 5.91 Å². The van der Waals surface area contributed by atoms with Crippen molar-refractivity contribution < 1.29 is 9.53 Å². The van der Waals surface area contributed by atoms with Crippen molar-refractivity contribution >= 4 is 63.9 Å². The van der Waals surface area contributed by atoms with Crippen LogP contribution < -0.4 is 25.3 Å². The molecule has 0 atom stereocenters. The summed E-state index contributed by atoms with van der Waals surface area (Å²) in [6, 6.07) is 11.4. The minimum absolute atomic E-state index is 0.329. The normalized spacial score (nSPS) is 16.9. The summed E-state index contributed by atoms with van der Waals surface area (Å²) in [6.45, 7) is 4.99. The number of amides is 1. The molecule has 0 bridgehead atoms. The highest BCUT2D eigenvalue weighted by molar-refractivity contribution is 6.43. The van der Waals surface area contributed by atoms with Crippen LogP contribution in [0.15, 0.2) is 47.6 Å². The van der Waals surface area contributed by atoms with Crippen molar-refractivity contribution in [3.63, 3.8) is 0 Å². The van der Waals surface area contributed by atoms with E-state index >= 15 is 0 Å². The fourth-order valence-electron chi connectivity index (χ4n) is 4.97. The summed E-state index contributed by atoms with van der Waals surface area (Å²) in [5.41, 5.74) is 3.95. The van der Waals surface area contributed by atoms with Crippen LogP contribution in [0.1, 0.15) is 15.9 Å². The van der Waals surface area contributed by atoms with Gasteiger partial charge >= 0.3 is 0 Å². The number of benzene rings is 2. The van der Waals surface area contributed by atoms with Crippen molar-refractivity contribution in [3.8, 4) is 0 Å². The summed E-state index contributed by atoms with van der Waals surface area (Å²) in [7, 11) is 1.93. The summed E-state index contributed by atoms with van der Waals surface area (Å²) in [5.74, 6) is 1.02. The van der Waals surface area contributed by atoms with Crippen molar-refractivity contribution in [2.45, 2.75) is 6.54 Å². The van der Waals surface area contributed by atoms with Gasteiger partial charge < -0.3 is 20.3 Å². The van der Waals surface area contributed by atoms with Crippen LogP contribution in [0.25, 0.3) is 0 Å². The van der Waals surface area contributed by atoms with Crippen molar-refractivity contribution in [2.75, 3.05) is 66.5 Å². The number of guanidine groups is 1. The number of para-hydroxylation sites is 1. The van der Waals surface area contributed by atoms with E-state index in [1.807, 2.05) is 18.0 Å². The molecule has 196 valence electrons. The number of halogens is 2. The van der Waals surface area contributed by atoms with Crippen LogP contribution in [0.2, 0.25) is 10.0 Å². The molecule has 0 radical (unpaired) electrons. The maximum absolute atomic E-state index is 13.6. The third-order valence-electron chi connectivity index (χ3n) is 6.69. The summed E-state index contributed by atoms with van der Waals surface area (Å²) in [4.78, 5) is 33.1. The number of ether oxygens (including phenoxy) is 1. The van der Waals surface area contributed by atoms with Gasteiger partial charge in [-0.05, 0) is 42.9 Å². The van der Waals surface area contributed by atoms with Crippen molar-refractivity contribution in [3.05, 3.63) is 63.8 Å². The quantitative estimate of drug-likeness (QED) is 0.474. The maximum Gasteiger partial charge on any atom is 0.270 e. The lowest BCUT2D eigenvalue weighted by Gasteiger charge is -2.35. The predicted octanol–water partition coefficient (Wildman–Crippen LogP) is 3.92. The number of hydrogen-bond donors (Lipinski definition) is 2. The van der Waals surface area contributed by atoms with E-state index in [2.05, 4.69) is 37.6 Å². The third-order valence-corrected chi connectivity index (χ3v) is 7.30. The van der Waals surface area contributed by atoms with Crippen LogP contribution in [0, 0.1) is 0 Å². The first-order valence-electron chi connectivity index (χ1n) is 12.4. The Bertz CT molecular complexity index is 1410. The Morgan fingerprint density at radius 3 is 2.63 bits per heavy atom. The number of carbonyl (C=O) groups is 1. The number of aliphatic imine (C=N–C) groups is 1. The van der Waals surface area contributed by atoms with Gasteiger partial charge in [0.1, 0.15) is 5.56 Å². The number of nitrogens with zero attached hydrogens (tertiary/aromatic N) is 6. The fourth-order valence-corrected chi connectivity index (χ4v) is 5.54. The number of nitrogens with one attached hydrogen (secondary N) is 2. The van der Waals surface area contributed by atoms with Crippen LogP contribution in [-0.2, 0) is 11.3 Å². The summed E-state index contributed by atoms with van der Waals surface area (Å²) >= 11 is 12.9. The molecule has 0 unspecified atom stereocenters. The smallest absolute Gasteiger partial charge is 0.270 e. The van der Waals surface area contributed by atoms with Gasteiger partial charge in [0.05, 0.1) is 35.5 Å². The zero-order chi connectivity index (χ0) is 26.2. The Kier molecular flexibility index (Phi) is 6.79. The largest absolute Gasteiger partial charge is 0.378 e. The van der Waals surface area contributed by atoms with E-state index in [9.17, 15) is 4.79 Å². The second-order valence-electron chi connectivity index (χ2n) is 9.07. The molecular weight excluding hydrogens is 527 g/mol. The van der Waals surface area contributed by atoms with Gasteiger partial charge in [-0.25, -0.2) is 9.88 Å². The van der Waals surface area contributed by atoms with Gasteiger partial charge in [-0.15, -0.1) is 0 Å². The highest BCUT2D eigenvalue weighted by Gasteiger charge is 2.41. The molecule has 3 aromatic rings. The van der Waals surface area contributed by atoms with Gasteiger partial charge in [0, 0.05) is 43.8 Å². The third kappa shape index (κ3) is 4.43. The zero-order valence-electron chi connectivity index (χ0n) is 20.7. The Balaban J connectivity index is 1.31. The monoisotopic (exact) mass is 552 g/mol. The molecule has 38 heavy (non-hydrogen) atoms. The number of carbonyl (C=O) groups excluding carboxylic acids is 1. The summed E-state index contributed by atoms with van der Waals surface area (Å²) in [5, 5.41) is 7.29. The van der Waals surface area contributed by atoms with Crippen LogP contribution in [0.4, 0.5) is 28.8 Å². The lowest BCUT2D eigenvalue weighted by molar-refractivity contribution is 0.0999. The van der Waals surface area contributed by atoms with Gasteiger partial charge in [-0.3, -0.25) is 14.7 Å². The van der Waals surface area contributed by atoms with Crippen LogP contribution in [0.5, 0.6) is 0 Å². The highest BCUT2D eigenvalue weighted by Crippen LogP contribution is 2.39. The molecule has 3 aliphatic rings. The lowest BCUT2D eigenvalue weighted by Crippen LogP contribution is -2.51. The molecule has 1 saturated heterocycles. The van der Waals surface area contributed by atoms with E-state index in [1.165, 1.54) is 16.8 Å². The molecule has 3 aliphatic heterocycles. The van der Waals surface area contributed by atoms with Crippen LogP contribution in [-0.4, -0.2) is 68.3 Å². The summed E-state index contributed by atoms with van der Waals surface area (Å²) in [6.07, 6.45) is 1.54. The van der Waals surface area contributed by atoms with E-state index in [0.29, 0.717) is 52.1 Å². The molecule has 2 N–H and O–H groups in total. The second kappa shape index (κ2) is 10.4. The number of morpholine rings is 1. The van der Waals surface area contributed by atoms with E-state index in [0.717, 1.165) is 44.1 Å². The molecule has 0 spiro atoms. The number of aromatic nitrogens is 2. The van der Waals surface area contributed by atoms with Crippen molar-refractivity contribution in [1.29, 1.82) is 0 Å². The average molecular weight is 553 g/mol. The Morgan fingerprint density at radius 1 is 1.08 bits per heavy atom.